The molecule has 0 spiro atoms. The first-order valence-electron chi connectivity index (χ1n) is 6.43. The zero-order chi connectivity index (χ0) is 15.5. The summed E-state index contributed by atoms with van der Waals surface area (Å²) in [6, 6.07) is 8.05. The first kappa shape index (κ1) is 15.8. The van der Waals surface area contributed by atoms with Gasteiger partial charge >= 0.3 is 11.9 Å². The average molecular weight is 310 g/mol. The lowest BCUT2D eigenvalue weighted by atomic mass is 10.2. The number of hydrogen-bond acceptors (Lipinski definition) is 6. The summed E-state index contributed by atoms with van der Waals surface area (Å²) in [5.74, 6) is -1.82. The molecule has 2 rings (SSSR count). The van der Waals surface area contributed by atoms with E-state index in [1.54, 1.807) is 32.0 Å². The van der Waals surface area contributed by atoms with Crippen LogP contribution in [0.5, 0.6) is 0 Å². The van der Waals surface area contributed by atoms with E-state index in [4.69, 9.17) is 13.8 Å². The number of benzene rings is 1. The third kappa shape index (κ3) is 3.54. The minimum absolute atomic E-state index is 0.112. The van der Waals surface area contributed by atoms with Gasteiger partial charge in [0.05, 0.1) is 12.2 Å². The van der Waals surface area contributed by atoms with Gasteiger partial charge in [-0.05, 0) is 26.0 Å². The molecule has 1 heterocycles. The molecule has 0 saturated carbocycles. The van der Waals surface area contributed by atoms with Crippen LogP contribution in [0.4, 0.5) is 0 Å². The zero-order valence-corrected chi connectivity index (χ0v) is 12.5. The van der Waals surface area contributed by atoms with Crippen LogP contribution < -0.4 is 4.89 Å². The molecule has 6 nitrogen and oxygen atoms in total. The van der Waals surface area contributed by atoms with Crippen LogP contribution >= 0.6 is 7.94 Å². The standard InChI is InChI=1S/C14H15O6P/c1-3-18-21(17)12(9-10(2)20-21)14(16)19-13(15)11-7-5-4-6-8-11/h4-10H,3H2,1-2H3. The average Bonchev–Trinajstić information content (AvgIpc) is 2.75. The van der Waals surface area contributed by atoms with Crippen LogP contribution in [0.25, 0.3) is 0 Å². The van der Waals surface area contributed by atoms with E-state index in [1.807, 2.05) is 0 Å². The van der Waals surface area contributed by atoms with E-state index in [0.29, 0.717) is 0 Å². The number of ether oxygens (including phenoxy) is 1. The normalized spacial score (nSPS) is 24.5. The van der Waals surface area contributed by atoms with E-state index in [1.165, 1.54) is 18.2 Å². The minimum Gasteiger partial charge on any atom is -0.627 e. The molecule has 1 aliphatic rings. The van der Waals surface area contributed by atoms with Crippen LogP contribution in [0.3, 0.4) is 0 Å². The Balaban J connectivity index is 2.12. The summed E-state index contributed by atoms with van der Waals surface area (Å²) in [5, 5.41) is -0.235. The summed E-state index contributed by atoms with van der Waals surface area (Å²) >= 11 is 0. The van der Waals surface area contributed by atoms with Crippen LogP contribution in [0.2, 0.25) is 0 Å². The second-order valence-electron chi connectivity index (χ2n) is 4.32. The quantitative estimate of drug-likeness (QED) is 0.479. The molecular formula is C14H15O6P. The molecule has 0 aliphatic carbocycles. The second kappa shape index (κ2) is 6.45. The van der Waals surface area contributed by atoms with Crippen molar-refractivity contribution in [3.05, 3.63) is 47.3 Å². The third-order valence-corrected chi connectivity index (χ3v) is 4.83. The predicted octanol–water partition coefficient (Wildman–Crippen LogP) is 1.83. The van der Waals surface area contributed by atoms with Gasteiger partial charge in [0.2, 0.25) is 5.31 Å². The first-order valence-corrected chi connectivity index (χ1v) is 7.97. The smallest absolute Gasteiger partial charge is 0.386 e. The monoisotopic (exact) mass is 310 g/mol. The summed E-state index contributed by atoms with van der Waals surface area (Å²) in [6.45, 7) is 3.36. The van der Waals surface area contributed by atoms with E-state index >= 15 is 0 Å². The van der Waals surface area contributed by atoms with Gasteiger partial charge in [0.1, 0.15) is 6.10 Å². The Hall–Kier alpha value is -1.59. The minimum atomic E-state index is -3.71. The number of carbonyl (C=O) groups is 2. The molecule has 0 saturated heterocycles. The van der Waals surface area contributed by atoms with Crippen LogP contribution in [0, 0.1) is 0 Å². The lowest BCUT2D eigenvalue weighted by Crippen LogP contribution is -2.22. The molecule has 0 amide bonds. The van der Waals surface area contributed by atoms with Gasteiger partial charge in [0, 0.05) is 6.08 Å². The van der Waals surface area contributed by atoms with E-state index < -0.39 is 26.0 Å². The maximum absolute atomic E-state index is 12.4. The number of rotatable bonds is 4. The number of carbonyl (C=O) groups excluding carboxylic acids is 2. The molecule has 1 aromatic carbocycles. The van der Waals surface area contributed by atoms with Gasteiger partial charge in [-0.15, -0.1) is 0 Å². The van der Waals surface area contributed by atoms with Crippen LogP contribution in [0.1, 0.15) is 24.2 Å². The van der Waals surface area contributed by atoms with Gasteiger partial charge in [-0.3, -0.25) is 0 Å². The van der Waals surface area contributed by atoms with Gasteiger partial charge in [-0.25, -0.2) is 14.1 Å². The Morgan fingerprint density at radius 1 is 1.29 bits per heavy atom. The van der Waals surface area contributed by atoms with Gasteiger partial charge in [0.25, 0.3) is 7.94 Å². The van der Waals surface area contributed by atoms with Crippen LogP contribution in [0.15, 0.2) is 41.7 Å². The maximum Gasteiger partial charge on any atom is 0.386 e. The maximum atomic E-state index is 12.4. The molecule has 7 heteroatoms. The van der Waals surface area contributed by atoms with E-state index in [0.717, 1.165) is 0 Å². The van der Waals surface area contributed by atoms with Gasteiger partial charge in [-0.1, -0.05) is 18.2 Å². The molecule has 0 N–H and O–H groups in total. The van der Waals surface area contributed by atoms with Gasteiger partial charge in [0.15, 0.2) is 0 Å². The fraction of sp³-hybridized carbons (Fsp3) is 0.286. The van der Waals surface area contributed by atoms with Crippen LogP contribution in [-0.4, -0.2) is 24.6 Å². The zero-order valence-electron chi connectivity index (χ0n) is 11.6. The molecule has 1 aliphatic heterocycles. The Morgan fingerprint density at radius 2 is 1.95 bits per heavy atom. The predicted molar refractivity (Wildman–Crippen MR) is 74.0 cm³/mol. The van der Waals surface area contributed by atoms with Crippen molar-refractivity contribution < 1.29 is 28.3 Å². The highest BCUT2D eigenvalue weighted by Gasteiger charge is 2.49. The molecular weight excluding hydrogens is 295 g/mol. The summed E-state index contributed by atoms with van der Waals surface area (Å²) in [5.41, 5.74) is 0.227. The Bertz CT molecular complexity index is 570. The van der Waals surface area contributed by atoms with Crippen molar-refractivity contribution in [3.8, 4) is 0 Å². The molecule has 2 unspecified atom stereocenters. The molecule has 0 fully saturated rings. The Kier molecular flexibility index (Phi) is 4.85. The van der Waals surface area contributed by atoms with Gasteiger partial charge in [-0.2, -0.15) is 4.52 Å². The molecule has 0 radical (unpaired) electrons. The summed E-state index contributed by atoms with van der Waals surface area (Å²) in [7, 11) is -3.71. The van der Waals surface area contributed by atoms with E-state index in [-0.39, 0.29) is 17.5 Å². The highest BCUT2D eigenvalue weighted by molar-refractivity contribution is 7.65. The summed E-state index contributed by atoms with van der Waals surface area (Å²) in [6.07, 6.45) is 0.800. The van der Waals surface area contributed by atoms with Crippen molar-refractivity contribution in [2.45, 2.75) is 20.0 Å². The van der Waals surface area contributed by atoms with E-state index in [9.17, 15) is 14.5 Å². The van der Waals surface area contributed by atoms with E-state index in [2.05, 4.69) is 0 Å². The SMILES string of the molecule is CCO[P+]1([O-])OC(C)C=C1C(=O)OC(=O)c1ccccc1. The van der Waals surface area contributed by atoms with Crippen molar-refractivity contribution in [1.29, 1.82) is 0 Å². The fourth-order valence-electron chi connectivity index (χ4n) is 1.84. The molecule has 0 aromatic heterocycles. The third-order valence-electron chi connectivity index (χ3n) is 2.70. The molecule has 1 aromatic rings. The molecule has 21 heavy (non-hydrogen) atoms. The molecule has 112 valence electrons. The topological polar surface area (TPSA) is 84.9 Å². The van der Waals surface area contributed by atoms with Crippen LogP contribution in [-0.2, 0) is 18.6 Å². The number of hydrogen-bond donors (Lipinski definition) is 0. The van der Waals surface area contributed by atoms with Gasteiger partial charge < -0.3 is 9.63 Å². The molecule has 0 bridgehead atoms. The second-order valence-corrected chi connectivity index (χ2v) is 6.27. The lowest BCUT2D eigenvalue weighted by Gasteiger charge is -2.23. The summed E-state index contributed by atoms with van der Waals surface area (Å²) < 4.78 is 14.9. The van der Waals surface area contributed by atoms with Crippen molar-refractivity contribution in [2.75, 3.05) is 6.61 Å². The van der Waals surface area contributed by atoms with Crippen molar-refractivity contribution in [2.24, 2.45) is 0 Å². The largest absolute Gasteiger partial charge is 0.627 e. The van der Waals surface area contributed by atoms with Crippen molar-refractivity contribution in [3.63, 3.8) is 0 Å². The fourth-order valence-corrected chi connectivity index (χ4v) is 3.65. The number of esters is 2. The Labute approximate surface area is 122 Å². The summed E-state index contributed by atoms with van der Waals surface area (Å²) in [4.78, 5) is 36.2. The highest BCUT2D eigenvalue weighted by atomic mass is 31.2. The van der Waals surface area contributed by atoms with Crippen molar-refractivity contribution >= 4 is 19.9 Å². The highest BCUT2D eigenvalue weighted by Crippen LogP contribution is 2.64. The lowest BCUT2D eigenvalue weighted by molar-refractivity contribution is -0.215. The first-order chi connectivity index (χ1) is 9.96. The molecule has 2 atom stereocenters. The van der Waals surface area contributed by atoms with Crippen molar-refractivity contribution in [1.82, 2.24) is 0 Å². The Morgan fingerprint density at radius 3 is 2.57 bits per heavy atom.